The predicted molar refractivity (Wildman–Crippen MR) is 67.7 cm³/mol. The second-order valence-electron chi connectivity index (χ2n) is 5.26. The fourth-order valence-electron chi connectivity index (χ4n) is 2.79. The third kappa shape index (κ3) is 1.90. The van der Waals surface area contributed by atoms with E-state index in [1.807, 2.05) is 32.0 Å². The number of hydrogen-bond donors (Lipinski definition) is 1. The number of ether oxygens (including phenoxy) is 1. The van der Waals surface area contributed by atoms with E-state index in [9.17, 15) is 4.79 Å². The zero-order valence-electron chi connectivity index (χ0n) is 10.6. The van der Waals surface area contributed by atoms with Gasteiger partial charge in [-0.2, -0.15) is 0 Å². The van der Waals surface area contributed by atoms with Gasteiger partial charge in [-0.25, -0.2) is 0 Å². The molecule has 92 valence electrons. The van der Waals surface area contributed by atoms with Gasteiger partial charge in [0.1, 0.15) is 0 Å². The van der Waals surface area contributed by atoms with Crippen molar-refractivity contribution >= 4 is 11.7 Å². The number of nitrogen functional groups attached to an aromatic ring is 1. The van der Waals surface area contributed by atoms with Crippen LogP contribution in [-0.2, 0) is 16.0 Å². The lowest BCUT2D eigenvalue weighted by molar-refractivity contribution is -0.152. The molecule has 2 N–H and O–H groups in total. The zero-order valence-corrected chi connectivity index (χ0v) is 10.6. The van der Waals surface area contributed by atoms with Gasteiger partial charge in [-0.05, 0) is 49.9 Å². The second-order valence-corrected chi connectivity index (χ2v) is 5.26. The maximum atomic E-state index is 11.9. The van der Waals surface area contributed by atoms with Crippen molar-refractivity contribution < 1.29 is 9.53 Å². The Labute approximate surface area is 102 Å². The van der Waals surface area contributed by atoms with Gasteiger partial charge >= 0.3 is 5.97 Å². The molecule has 3 heteroatoms. The van der Waals surface area contributed by atoms with Gasteiger partial charge in [-0.3, -0.25) is 4.79 Å². The van der Waals surface area contributed by atoms with Crippen LogP contribution in [0, 0.1) is 5.41 Å². The number of esters is 1. The molecule has 0 amide bonds. The van der Waals surface area contributed by atoms with E-state index in [4.69, 9.17) is 10.5 Å². The van der Waals surface area contributed by atoms with Gasteiger partial charge in [0.2, 0.25) is 0 Å². The first-order valence-corrected chi connectivity index (χ1v) is 5.93. The first-order chi connectivity index (χ1) is 7.96. The number of hydrogen-bond acceptors (Lipinski definition) is 3. The summed E-state index contributed by atoms with van der Waals surface area (Å²) >= 11 is 0. The molecule has 2 rings (SSSR count). The number of carbonyl (C=O) groups is 1. The average Bonchev–Trinajstić information content (AvgIpc) is 2.71. The van der Waals surface area contributed by atoms with Crippen molar-refractivity contribution in [2.75, 3.05) is 12.8 Å². The van der Waals surface area contributed by atoms with Gasteiger partial charge in [-0.15, -0.1) is 0 Å². The molecule has 17 heavy (non-hydrogen) atoms. The highest BCUT2D eigenvalue weighted by molar-refractivity contribution is 5.77. The van der Waals surface area contributed by atoms with Crippen LogP contribution in [0.1, 0.15) is 37.3 Å². The zero-order chi connectivity index (χ0) is 12.6. The molecule has 0 heterocycles. The van der Waals surface area contributed by atoms with Gasteiger partial charge < -0.3 is 10.5 Å². The number of fused-ring (bicyclic) bond motifs is 1. The summed E-state index contributed by atoms with van der Waals surface area (Å²) in [7, 11) is 1.45. The minimum Gasteiger partial charge on any atom is -0.469 e. The maximum absolute atomic E-state index is 11.9. The van der Waals surface area contributed by atoms with Crippen molar-refractivity contribution in [3.8, 4) is 0 Å². The molecule has 0 radical (unpaired) electrons. The predicted octanol–water partition coefficient (Wildman–Crippen LogP) is 2.50. The summed E-state index contributed by atoms with van der Waals surface area (Å²) in [6, 6.07) is 5.97. The van der Waals surface area contributed by atoms with Crippen molar-refractivity contribution in [1.82, 2.24) is 0 Å². The van der Waals surface area contributed by atoms with Crippen molar-refractivity contribution in [2.45, 2.75) is 32.6 Å². The van der Waals surface area contributed by atoms with Crippen LogP contribution >= 0.6 is 0 Å². The quantitative estimate of drug-likeness (QED) is 0.630. The number of methoxy groups -OCH3 is 1. The number of benzene rings is 1. The van der Waals surface area contributed by atoms with E-state index in [0.717, 1.165) is 18.5 Å². The van der Waals surface area contributed by atoms with E-state index in [1.54, 1.807) is 0 Å². The van der Waals surface area contributed by atoms with E-state index in [0.29, 0.717) is 0 Å². The molecule has 0 aromatic heterocycles. The Morgan fingerprint density at radius 1 is 1.47 bits per heavy atom. The lowest BCUT2D eigenvalue weighted by Gasteiger charge is -2.29. The molecule has 0 saturated carbocycles. The molecular formula is C14H19NO2. The molecule has 0 saturated heterocycles. The monoisotopic (exact) mass is 233 g/mol. The first kappa shape index (κ1) is 12.0. The van der Waals surface area contributed by atoms with Crippen LogP contribution in [0.4, 0.5) is 5.69 Å². The maximum Gasteiger partial charge on any atom is 0.311 e. The molecule has 1 aromatic carbocycles. The van der Waals surface area contributed by atoms with Crippen LogP contribution in [0.15, 0.2) is 18.2 Å². The number of rotatable bonds is 2. The summed E-state index contributed by atoms with van der Waals surface area (Å²) in [6.45, 7) is 3.91. The Morgan fingerprint density at radius 2 is 2.18 bits per heavy atom. The molecule has 3 nitrogen and oxygen atoms in total. The summed E-state index contributed by atoms with van der Waals surface area (Å²) < 4.78 is 4.90. The molecule has 1 aromatic rings. The second kappa shape index (κ2) is 4.06. The number of aryl methyl sites for hydroxylation is 1. The molecule has 1 aliphatic carbocycles. The van der Waals surface area contributed by atoms with Crippen LogP contribution in [0.5, 0.6) is 0 Å². The molecule has 1 unspecified atom stereocenters. The lowest BCUT2D eigenvalue weighted by Crippen LogP contribution is -2.31. The van der Waals surface area contributed by atoms with Crippen molar-refractivity contribution in [3.05, 3.63) is 29.3 Å². The summed E-state index contributed by atoms with van der Waals surface area (Å²) in [6.07, 6.45) is 1.98. The van der Waals surface area contributed by atoms with Gasteiger partial charge in [0.25, 0.3) is 0 Å². The highest BCUT2D eigenvalue weighted by atomic mass is 16.5. The Kier molecular flexibility index (Phi) is 2.86. The van der Waals surface area contributed by atoms with Crippen molar-refractivity contribution in [1.29, 1.82) is 0 Å². The van der Waals surface area contributed by atoms with Gasteiger partial charge in [0.15, 0.2) is 0 Å². The van der Waals surface area contributed by atoms with Crippen LogP contribution in [0.2, 0.25) is 0 Å². The van der Waals surface area contributed by atoms with Gasteiger partial charge in [-0.1, -0.05) is 6.07 Å². The number of nitrogens with two attached hydrogens (primary N) is 1. The van der Waals surface area contributed by atoms with Gasteiger partial charge in [0, 0.05) is 11.6 Å². The Bertz CT molecular complexity index is 452. The SMILES string of the molecule is COC(=O)C(C)(C)C1CCc2cc(N)ccc21. The molecule has 0 aliphatic heterocycles. The normalized spacial score (nSPS) is 18.9. The highest BCUT2D eigenvalue weighted by Gasteiger charge is 2.41. The van der Waals surface area contributed by atoms with E-state index in [-0.39, 0.29) is 11.9 Å². The van der Waals surface area contributed by atoms with E-state index in [1.165, 1.54) is 18.2 Å². The third-order valence-corrected chi connectivity index (χ3v) is 3.83. The van der Waals surface area contributed by atoms with Gasteiger partial charge in [0.05, 0.1) is 12.5 Å². The summed E-state index contributed by atoms with van der Waals surface area (Å²) in [4.78, 5) is 11.9. The smallest absolute Gasteiger partial charge is 0.311 e. The van der Waals surface area contributed by atoms with Crippen molar-refractivity contribution in [3.63, 3.8) is 0 Å². The molecule has 1 atom stereocenters. The fraction of sp³-hybridized carbons (Fsp3) is 0.500. The molecule has 0 fully saturated rings. The molecule has 0 bridgehead atoms. The average molecular weight is 233 g/mol. The summed E-state index contributed by atoms with van der Waals surface area (Å²) in [5.41, 5.74) is 8.61. The molecular weight excluding hydrogens is 214 g/mol. The Hall–Kier alpha value is -1.51. The summed E-state index contributed by atoms with van der Waals surface area (Å²) in [5.74, 6) is 0.0812. The molecule has 0 spiro atoms. The minimum absolute atomic E-state index is 0.146. The molecule has 1 aliphatic rings. The topological polar surface area (TPSA) is 52.3 Å². The number of carbonyl (C=O) groups excluding carboxylic acids is 1. The summed E-state index contributed by atoms with van der Waals surface area (Å²) in [5, 5.41) is 0. The van der Waals surface area contributed by atoms with Crippen LogP contribution in [-0.4, -0.2) is 13.1 Å². The van der Waals surface area contributed by atoms with Crippen LogP contribution in [0.25, 0.3) is 0 Å². The Balaban J connectivity index is 2.37. The van der Waals surface area contributed by atoms with Crippen molar-refractivity contribution in [2.24, 2.45) is 5.41 Å². The third-order valence-electron chi connectivity index (χ3n) is 3.83. The first-order valence-electron chi connectivity index (χ1n) is 5.93. The fourth-order valence-corrected chi connectivity index (χ4v) is 2.79. The standard InChI is InChI=1S/C14H19NO2/c1-14(2,13(16)17-3)12-7-4-9-8-10(15)5-6-11(9)12/h5-6,8,12H,4,7,15H2,1-3H3. The Morgan fingerprint density at radius 3 is 2.82 bits per heavy atom. The highest BCUT2D eigenvalue weighted by Crippen LogP contribution is 2.46. The number of anilines is 1. The lowest BCUT2D eigenvalue weighted by atomic mass is 9.75. The van der Waals surface area contributed by atoms with E-state index in [2.05, 4.69) is 0 Å². The van der Waals surface area contributed by atoms with E-state index < -0.39 is 5.41 Å². The van der Waals surface area contributed by atoms with Crippen LogP contribution < -0.4 is 5.73 Å². The van der Waals surface area contributed by atoms with E-state index >= 15 is 0 Å². The minimum atomic E-state index is -0.476. The van der Waals surface area contributed by atoms with Crippen LogP contribution in [0.3, 0.4) is 0 Å². The largest absolute Gasteiger partial charge is 0.469 e.